The van der Waals surface area contributed by atoms with Crippen LogP contribution >= 0.6 is 0 Å². The van der Waals surface area contributed by atoms with Crippen LogP contribution in [-0.4, -0.2) is 31.4 Å². The number of hydrogen-bond donors (Lipinski definition) is 2. The minimum atomic E-state index is -0.398. The van der Waals surface area contributed by atoms with Crippen LogP contribution in [0.1, 0.15) is 18.6 Å². The summed E-state index contributed by atoms with van der Waals surface area (Å²) in [6.07, 6.45) is -0.398. The predicted molar refractivity (Wildman–Crippen MR) is 59.5 cm³/mol. The first-order valence-electron chi connectivity index (χ1n) is 5.29. The van der Waals surface area contributed by atoms with Crippen molar-refractivity contribution < 1.29 is 15.2 Å². The Balaban J connectivity index is 2.33. The van der Waals surface area contributed by atoms with Gasteiger partial charge in [0.05, 0.1) is 6.61 Å². The van der Waals surface area contributed by atoms with Crippen molar-refractivity contribution >= 4 is 0 Å². The molecule has 1 aromatic carbocycles. The Morgan fingerprint density at radius 2 is 2.00 bits per heavy atom. The zero-order valence-corrected chi connectivity index (χ0v) is 9.39. The third-order valence-electron chi connectivity index (χ3n) is 2.38. The molecule has 0 saturated carbocycles. The van der Waals surface area contributed by atoms with E-state index in [1.54, 1.807) is 7.11 Å². The molecule has 0 aliphatic heterocycles. The van der Waals surface area contributed by atoms with Gasteiger partial charge in [0.1, 0.15) is 18.7 Å². The summed E-state index contributed by atoms with van der Waals surface area (Å²) in [4.78, 5) is 0. The molecule has 0 radical (unpaired) electrons. The highest BCUT2D eigenvalue weighted by Gasteiger charge is 2.11. The van der Waals surface area contributed by atoms with Crippen molar-refractivity contribution in [1.82, 2.24) is 0 Å². The van der Waals surface area contributed by atoms with E-state index < -0.39 is 6.10 Å². The van der Waals surface area contributed by atoms with Gasteiger partial charge in [-0.1, -0.05) is 30.3 Å². The van der Waals surface area contributed by atoms with Crippen LogP contribution in [0.2, 0.25) is 0 Å². The van der Waals surface area contributed by atoms with Gasteiger partial charge in [-0.2, -0.15) is 0 Å². The molecule has 0 aromatic heterocycles. The van der Waals surface area contributed by atoms with E-state index in [0.29, 0.717) is 19.2 Å². The highest BCUT2D eigenvalue weighted by molar-refractivity contribution is 5.16. The van der Waals surface area contributed by atoms with Crippen LogP contribution in [0, 0.1) is 0 Å². The highest BCUT2D eigenvalue weighted by Crippen LogP contribution is 2.08. The highest BCUT2D eigenvalue weighted by atomic mass is 16.5. The molecule has 0 bridgehead atoms. The Kier molecular flexibility index (Phi) is 5.32. The molecule has 0 saturated heterocycles. The van der Waals surface area contributed by atoms with Crippen molar-refractivity contribution in [2.75, 3.05) is 20.3 Å². The average Bonchev–Trinajstić information content (AvgIpc) is 2.27. The van der Waals surface area contributed by atoms with Crippen molar-refractivity contribution in [2.45, 2.75) is 19.1 Å². The second-order valence-electron chi connectivity index (χ2n) is 3.83. The fourth-order valence-electron chi connectivity index (χ4n) is 1.50. The van der Waals surface area contributed by atoms with Gasteiger partial charge in [-0.05, 0) is 12.5 Å². The molecule has 3 heteroatoms. The number of ether oxygens (including phenoxy) is 1. The first-order chi connectivity index (χ1) is 7.24. The minimum Gasteiger partial charge on any atom is -0.382 e. The molecule has 1 aromatic rings. The predicted octanol–water partition coefficient (Wildman–Crippen LogP) is 0.318. The number of aliphatic hydroxyl groups is 1. The standard InChI is InChI=1S/C12H19NO2/c1-10(9-15-2)13-8-12(14)11-6-4-3-5-7-11/h3-7,10,12-14H,8-9H2,1-2H3/p+1/t10-,12+/m1/s1. The number of hydrogen-bond acceptors (Lipinski definition) is 2. The SMILES string of the molecule is COC[C@@H](C)[NH2+]C[C@H](O)c1ccccc1. The lowest BCUT2D eigenvalue weighted by molar-refractivity contribution is -0.694. The third-order valence-corrected chi connectivity index (χ3v) is 2.38. The van der Waals surface area contributed by atoms with Crippen LogP contribution in [-0.2, 0) is 4.74 Å². The van der Waals surface area contributed by atoms with Crippen molar-refractivity contribution in [1.29, 1.82) is 0 Å². The van der Waals surface area contributed by atoms with Gasteiger partial charge >= 0.3 is 0 Å². The molecule has 15 heavy (non-hydrogen) atoms. The van der Waals surface area contributed by atoms with Gasteiger partial charge in [0.25, 0.3) is 0 Å². The molecular formula is C12H20NO2+. The first-order valence-corrected chi connectivity index (χ1v) is 5.29. The topological polar surface area (TPSA) is 46.1 Å². The molecule has 2 atom stereocenters. The number of benzene rings is 1. The van der Waals surface area contributed by atoms with E-state index in [1.165, 1.54) is 0 Å². The molecule has 1 rings (SSSR count). The van der Waals surface area contributed by atoms with E-state index in [1.807, 2.05) is 30.3 Å². The van der Waals surface area contributed by atoms with Crippen molar-refractivity contribution in [3.8, 4) is 0 Å². The maximum atomic E-state index is 9.87. The summed E-state index contributed by atoms with van der Waals surface area (Å²) in [5, 5.41) is 12.0. The van der Waals surface area contributed by atoms with E-state index in [-0.39, 0.29) is 0 Å². The summed E-state index contributed by atoms with van der Waals surface area (Å²) in [7, 11) is 1.69. The number of nitrogens with two attached hydrogens (primary N) is 1. The number of methoxy groups -OCH3 is 1. The van der Waals surface area contributed by atoms with Gasteiger partial charge in [0.15, 0.2) is 0 Å². The Morgan fingerprint density at radius 3 is 2.60 bits per heavy atom. The summed E-state index contributed by atoms with van der Waals surface area (Å²) >= 11 is 0. The summed E-state index contributed by atoms with van der Waals surface area (Å²) in [6.45, 7) is 3.47. The van der Waals surface area contributed by atoms with E-state index in [9.17, 15) is 5.11 Å². The molecule has 3 N–H and O–H groups in total. The minimum absolute atomic E-state index is 0.383. The van der Waals surface area contributed by atoms with Gasteiger partial charge in [0, 0.05) is 7.11 Å². The quantitative estimate of drug-likeness (QED) is 0.710. The Morgan fingerprint density at radius 1 is 1.33 bits per heavy atom. The lowest BCUT2D eigenvalue weighted by Crippen LogP contribution is -2.91. The van der Waals surface area contributed by atoms with Crippen LogP contribution in [0.15, 0.2) is 30.3 Å². The molecule has 84 valence electrons. The first kappa shape index (κ1) is 12.2. The van der Waals surface area contributed by atoms with Crippen LogP contribution in [0.3, 0.4) is 0 Å². The van der Waals surface area contributed by atoms with Crippen molar-refractivity contribution in [3.05, 3.63) is 35.9 Å². The maximum absolute atomic E-state index is 9.87. The Hall–Kier alpha value is -0.900. The summed E-state index contributed by atoms with van der Waals surface area (Å²) in [5.41, 5.74) is 0.971. The summed E-state index contributed by atoms with van der Waals surface area (Å²) in [5.74, 6) is 0. The summed E-state index contributed by atoms with van der Waals surface area (Å²) in [6, 6.07) is 10.1. The van der Waals surface area contributed by atoms with Crippen LogP contribution in [0.4, 0.5) is 0 Å². The average molecular weight is 210 g/mol. The molecule has 0 fully saturated rings. The number of quaternary nitrogens is 1. The lowest BCUT2D eigenvalue weighted by Gasteiger charge is -2.13. The summed E-state index contributed by atoms with van der Waals surface area (Å²) < 4.78 is 5.03. The normalized spacial score (nSPS) is 14.9. The molecule has 0 aliphatic carbocycles. The molecule has 0 amide bonds. The third kappa shape index (κ3) is 4.42. The molecule has 0 spiro atoms. The Bertz CT molecular complexity index is 264. The lowest BCUT2D eigenvalue weighted by atomic mass is 10.1. The van der Waals surface area contributed by atoms with E-state index >= 15 is 0 Å². The van der Waals surface area contributed by atoms with Crippen LogP contribution in [0.5, 0.6) is 0 Å². The zero-order chi connectivity index (χ0) is 11.1. The van der Waals surface area contributed by atoms with E-state index in [2.05, 4.69) is 12.2 Å². The van der Waals surface area contributed by atoms with Gasteiger partial charge in [-0.15, -0.1) is 0 Å². The number of aliphatic hydroxyl groups excluding tert-OH is 1. The monoisotopic (exact) mass is 210 g/mol. The van der Waals surface area contributed by atoms with Crippen molar-refractivity contribution in [3.63, 3.8) is 0 Å². The van der Waals surface area contributed by atoms with Crippen LogP contribution < -0.4 is 5.32 Å². The van der Waals surface area contributed by atoms with Gasteiger partial charge < -0.3 is 15.2 Å². The maximum Gasteiger partial charge on any atom is 0.128 e. The van der Waals surface area contributed by atoms with E-state index in [0.717, 1.165) is 5.56 Å². The molecule has 0 heterocycles. The zero-order valence-electron chi connectivity index (χ0n) is 9.39. The largest absolute Gasteiger partial charge is 0.382 e. The Labute approximate surface area is 91.1 Å². The molecular weight excluding hydrogens is 190 g/mol. The second-order valence-corrected chi connectivity index (χ2v) is 3.83. The smallest absolute Gasteiger partial charge is 0.128 e. The fourth-order valence-corrected chi connectivity index (χ4v) is 1.50. The van der Waals surface area contributed by atoms with Gasteiger partial charge in [0.2, 0.25) is 0 Å². The molecule has 3 nitrogen and oxygen atoms in total. The van der Waals surface area contributed by atoms with Gasteiger partial charge in [-0.25, -0.2) is 0 Å². The fraction of sp³-hybridized carbons (Fsp3) is 0.500. The molecule has 0 aliphatic rings. The van der Waals surface area contributed by atoms with E-state index in [4.69, 9.17) is 4.74 Å². The number of rotatable bonds is 6. The second kappa shape index (κ2) is 6.56. The van der Waals surface area contributed by atoms with Crippen LogP contribution in [0.25, 0.3) is 0 Å². The van der Waals surface area contributed by atoms with Crippen molar-refractivity contribution in [2.24, 2.45) is 0 Å². The molecule has 0 unspecified atom stereocenters. The van der Waals surface area contributed by atoms with Gasteiger partial charge in [-0.3, -0.25) is 0 Å².